The lowest BCUT2D eigenvalue weighted by Crippen LogP contribution is -2.35. The van der Waals surface area contributed by atoms with Crippen LogP contribution >= 0.6 is 0 Å². The van der Waals surface area contributed by atoms with E-state index in [-0.39, 0.29) is 5.91 Å². The first-order chi connectivity index (χ1) is 15.5. The van der Waals surface area contributed by atoms with Gasteiger partial charge in [-0.05, 0) is 86.1 Å². The maximum atomic E-state index is 12.6. The van der Waals surface area contributed by atoms with Gasteiger partial charge in [0.1, 0.15) is 0 Å². The minimum atomic E-state index is 0.252. The first-order valence-electron chi connectivity index (χ1n) is 12.5. The molecule has 1 unspecified atom stereocenters. The number of carbonyl (C=O) groups excluding carboxylic acids is 1. The number of rotatable bonds is 3. The van der Waals surface area contributed by atoms with Gasteiger partial charge in [0.25, 0.3) is 0 Å². The van der Waals surface area contributed by atoms with E-state index in [9.17, 15) is 4.79 Å². The summed E-state index contributed by atoms with van der Waals surface area (Å²) in [6.45, 7) is 11.3. The van der Waals surface area contributed by atoms with Gasteiger partial charge in [-0.2, -0.15) is 0 Å². The Bertz CT molecular complexity index is 871. The molecule has 0 spiro atoms. The molecule has 1 amide bonds. The van der Waals surface area contributed by atoms with Gasteiger partial charge in [0.2, 0.25) is 5.91 Å². The normalized spacial score (nSPS) is 23.9. The van der Waals surface area contributed by atoms with Crippen molar-refractivity contribution in [3.63, 3.8) is 0 Å². The number of allylic oxidation sites excluding steroid dienone is 5. The lowest BCUT2D eigenvalue weighted by molar-refractivity contribution is -0.131. The highest BCUT2D eigenvalue weighted by atomic mass is 16.2. The third-order valence-electron chi connectivity index (χ3n) is 6.57. The quantitative estimate of drug-likeness (QED) is 0.488. The monoisotopic (exact) mass is 432 g/mol. The number of nitrogens with zero attached hydrogens (tertiary/aromatic N) is 2. The van der Waals surface area contributed by atoms with Crippen LogP contribution in [0.5, 0.6) is 0 Å². The lowest BCUT2D eigenvalue weighted by atomic mass is 9.90. The standard InChI is InChI=1S/C29H40N2O/c1-23-12-6-4-7-14-24(2)29-25(3)15-11-16-26(29)22-27(17-10-13-23)30-19-18-28(32)31-20-8-5-9-21-31/h6,10-12,15-17,23H,2,4-5,7-9,13-14,18-22H2,1,3H3/b12-6+,17-10+,30-27?. The van der Waals surface area contributed by atoms with Crippen molar-refractivity contribution in [3.8, 4) is 0 Å². The first kappa shape index (κ1) is 24.2. The summed E-state index contributed by atoms with van der Waals surface area (Å²) in [4.78, 5) is 19.5. The number of aryl methyl sites for hydroxylation is 1. The number of carbonyl (C=O) groups is 1. The summed E-state index contributed by atoms with van der Waals surface area (Å²) in [6.07, 6.45) is 18.1. The second-order valence-electron chi connectivity index (χ2n) is 9.39. The molecular formula is C29H40N2O. The predicted molar refractivity (Wildman–Crippen MR) is 137 cm³/mol. The number of benzene rings is 1. The summed E-state index contributed by atoms with van der Waals surface area (Å²) < 4.78 is 0. The molecule has 1 aliphatic heterocycles. The zero-order valence-electron chi connectivity index (χ0n) is 20.1. The van der Waals surface area contributed by atoms with E-state index < -0.39 is 0 Å². The Labute approximate surface area is 195 Å². The Kier molecular flexibility index (Phi) is 9.52. The van der Waals surface area contributed by atoms with E-state index in [1.165, 1.54) is 28.7 Å². The third kappa shape index (κ3) is 7.32. The SMILES string of the molecule is C=C1CCC/C=C/C(C)C/C=C/C(=NCCC(=O)N2CCCCC2)Cc2cccc(C)c21. The van der Waals surface area contributed by atoms with Gasteiger partial charge in [-0.15, -0.1) is 0 Å². The summed E-state index contributed by atoms with van der Waals surface area (Å²) in [6, 6.07) is 6.53. The van der Waals surface area contributed by atoms with Crippen molar-refractivity contribution in [2.45, 2.75) is 71.6 Å². The maximum Gasteiger partial charge on any atom is 0.224 e. The highest BCUT2D eigenvalue weighted by Gasteiger charge is 2.16. The van der Waals surface area contributed by atoms with E-state index in [2.05, 4.69) is 62.9 Å². The summed E-state index contributed by atoms with van der Waals surface area (Å²) >= 11 is 0. The van der Waals surface area contributed by atoms with Crippen molar-refractivity contribution in [1.82, 2.24) is 4.90 Å². The Hall–Kier alpha value is -2.42. The van der Waals surface area contributed by atoms with E-state index >= 15 is 0 Å². The van der Waals surface area contributed by atoms with Gasteiger partial charge in [0, 0.05) is 38.2 Å². The van der Waals surface area contributed by atoms with Crippen LogP contribution in [0, 0.1) is 12.8 Å². The van der Waals surface area contributed by atoms with Gasteiger partial charge in [-0.1, -0.05) is 49.9 Å². The van der Waals surface area contributed by atoms with Crippen LogP contribution in [0.3, 0.4) is 0 Å². The van der Waals surface area contributed by atoms with Crippen LogP contribution < -0.4 is 0 Å². The van der Waals surface area contributed by atoms with Gasteiger partial charge in [-0.3, -0.25) is 9.79 Å². The maximum absolute atomic E-state index is 12.6. The molecule has 3 rings (SSSR count). The number of fused-ring (bicyclic) bond motifs is 1. The number of aliphatic imine (C=N–C) groups is 1. The van der Waals surface area contributed by atoms with Gasteiger partial charge < -0.3 is 4.90 Å². The molecule has 1 atom stereocenters. The molecule has 1 saturated heterocycles. The van der Waals surface area contributed by atoms with Crippen LogP contribution in [0.25, 0.3) is 5.57 Å². The van der Waals surface area contributed by atoms with E-state index in [0.29, 0.717) is 18.9 Å². The zero-order chi connectivity index (χ0) is 22.8. The molecule has 3 nitrogen and oxygen atoms in total. The second-order valence-corrected chi connectivity index (χ2v) is 9.39. The molecule has 2 aliphatic rings. The minimum absolute atomic E-state index is 0.252. The fourth-order valence-corrected chi connectivity index (χ4v) is 4.73. The van der Waals surface area contributed by atoms with Gasteiger partial charge in [0.05, 0.1) is 0 Å². The van der Waals surface area contributed by atoms with Crippen molar-refractivity contribution in [1.29, 1.82) is 0 Å². The number of hydrogen-bond acceptors (Lipinski definition) is 2. The molecule has 1 heterocycles. The Morgan fingerprint density at radius 3 is 2.78 bits per heavy atom. The predicted octanol–water partition coefficient (Wildman–Crippen LogP) is 6.72. The molecule has 172 valence electrons. The first-order valence-corrected chi connectivity index (χ1v) is 12.5. The van der Waals surface area contributed by atoms with Gasteiger partial charge >= 0.3 is 0 Å². The van der Waals surface area contributed by atoms with Crippen molar-refractivity contribution in [2.24, 2.45) is 10.9 Å². The molecule has 0 saturated carbocycles. The lowest BCUT2D eigenvalue weighted by Gasteiger charge is -2.26. The highest BCUT2D eigenvalue weighted by Crippen LogP contribution is 2.27. The van der Waals surface area contributed by atoms with Gasteiger partial charge in [-0.25, -0.2) is 0 Å². The summed E-state index contributed by atoms with van der Waals surface area (Å²) in [5.41, 5.74) is 6.16. The van der Waals surface area contributed by atoms with E-state index in [1.807, 2.05) is 4.90 Å². The molecule has 32 heavy (non-hydrogen) atoms. The molecule has 0 N–H and O–H groups in total. The second kappa shape index (κ2) is 12.6. The largest absolute Gasteiger partial charge is 0.343 e. The minimum Gasteiger partial charge on any atom is -0.343 e. The molecule has 1 fully saturated rings. The number of hydrogen-bond donors (Lipinski definition) is 0. The molecule has 1 aliphatic carbocycles. The van der Waals surface area contributed by atoms with Crippen LogP contribution in [-0.2, 0) is 11.2 Å². The Morgan fingerprint density at radius 2 is 1.97 bits per heavy atom. The molecule has 1 aromatic rings. The van der Waals surface area contributed by atoms with Crippen LogP contribution in [0.2, 0.25) is 0 Å². The Morgan fingerprint density at radius 1 is 1.16 bits per heavy atom. The molecule has 0 aromatic heterocycles. The summed E-state index contributed by atoms with van der Waals surface area (Å²) in [7, 11) is 0. The third-order valence-corrected chi connectivity index (χ3v) is 6.57. The average molecular weight is 433 g/mol. The smallest absolute Gasteiger partial charge is 0.224 e. The average Bonchev–Trinajstić information content (AvgIpc) is 2.78. The molecule has 0 bridgehead atoms. The van der Waals surface area contributed by atoms with Gasteiger partial charge in [0.15, 0.2) is 0 Å². The zero-order valence-corrected chi connectivity index (χ0v) is 20.1. The Balaban J connectivity index is 1.79. The van der Waals surface area contributed by atoms with Crippen molar-refractivity contribution >= 4 is 17.2 Å². The molecule has 3 heteroatoms. The van der Waals surface area contributed by atoms with E-state index in [1.54, 1.807) is 0 Å². The number of piperidine rings is 1. The van der Waals surface area contributed by atoms with Crippen LogP contribution in [0.15, 0.2) is 54.1 Å². The van der Waals surface area contributed by atoms with Crippen molar-refractivity contribution < 1.29 is 4.79 Å². The highest BCUT2D eigenvalue weighted by molar-refractivity contribution is 5.97. The van der Waals surface area contributed by atoms with Crippen molar-refractivity contribution in [2.75, 3.05) is 19.6 Å². The molecule has 0 radical (unpaired) electrons. The van der Waals surface area contributed by atoms with Crippen LogP contribution in [0.4, 0.5) is 0 Å². The van der Waals surface area contributed by atoms with Crippen LogP contribution in [-0.4, -0.2) is 36.2 Å². The van der Waals surface area contributed by atoms with E-state index in [0.717, 1.165) is 63.7 Å². The number of amides is 1. The van der Waals surface area contributed by atoms with Crippen LogP contribution in [0.1, 0.15) is 75.0 Å². The molecular weight excluding hydrogens is 392 g/mol. The fourth-order valence-electron chi connectivity index (χ4n) is 4.73. The summed E-state index contributed by atoms with van der Waals surface area (Å²) in [5.74, 6) is 0.774. The fraction of sp³-hybridized carbons (Fsp3) is 0.517. The summed E-state index contributed by atoms with van der Waals surface area (Å²) in [5, 5.41) is 0. The topological polar surface area (TPSA) is 32.7 Å². The van der Waals surface area contributed by atoms with Crippen molar-refractivity contribution in [3.05, 3.63) is 65.8 Å². The molecule has 1 aromatic carbocycles. The van der Waals surface area contributed by atoms with E-state index in [4.69, 9.17) is 4.99 Å². The number of likely N-dealkylation sites (tertiary alicyclic amines) is 1.